The van der Waals surface area contributed by atoms with Crippen molar-refractivity contribution in [2.45, 2.75) is 31.5 Å². The average Bonchev–Trinajstić information content (AvgIpc) is 2.99. The molecule has 2 aromatic rings. The van der Waals surface area contributed by atoms with Crippen molar-refractivity contribution in [1.29, 1.82) is 0 Å². The molecule has 1 aromatic heterocycles. The van der Waals surface area contributed by atoms with Gasteiger partial charge in [-0.05, 0) is 31.4 Å². The maximum absolute atomic E-state index is 12.5. The Morgan fingerprint density at radius 3 is 3.10 bits per heavy atom. The van der Waals surface area contributed by atoms with Gasteiger partial charge in [0, 0.05) is 31.2 Å². The number of nitrogens with zero attached hydrogens (tertiary/aromatic N) is 3. The van der Waals surface area contributed by atoms with Crippen LogP contribution in [0, 0.1) is 0 Å². The maximum atomic E-state index is 12.5. The Kier molecular flexibility index (Phi) is 4.29. The summed E-state index contributed by atoms with van der Waals surface area (Å²) in [5, 5.41) is 0.913. The Balaban J connectivity index is 1.69. The number of benzene rings is 1. The van der Waals surface area contributed by atoms with Crippen LogP contribution in [-0.2, 0) is 17.8 Å². The molecule has 21 heavy (non-hydrogen) atoms. The number of aryl methyl sites for hydroxylation is 2. The van der Waals surface area contributed by atoms with E-state index in [0.717, 1.165) is 36.8 Å². The highest BCUT2D eigenvalue weighted by atomic mass is 32.2. The molecule has 4 nitrogen and oxygen atoms in total. The van der Waals surface area contributed by atoms with E-state index in [1.54, 1.807) is 6.20 Å². The van der Waals surface area contributed by atoms with Crippen LogP contribution in [0.25, 0.3) is 0 Å². The van der Waals surface area contributed by atoms with Crippen LogP contribution in [0.1, 0.15) is 18.9 Å². The lowest BCUT2D eigenvalue weighted by Gasteiger charge is -2.29. The highest BCUT2D eigenvalue weighted by molar-refractivity contribution is 7.99. The molecule has 0 bridgehead atoms. The molecular formula is C16H19N3OS. The molecule has 3 rings (SSSR count). The first kappa shape index (κ1) is 14.2. The Morgan fingerprint density at radius 1 is 1.38 bits per heavy atom. The van der Waals surface area contributed by atoms with Gasteiger partial charge in [-0.1, -0.05) is 30.0 Å². The van der Waals surface area contributed by atoms with Crippen molar-refractivity contribution in [3.8, 4) is 0 Å². The third-order valence-corrected chi connectivity index (χ3v) is 4.74. The van der Waals surface area contributed by atoms with Crippen LogP contribution in [0.15, 0.2) is 41.8 Å². The maximum Gasteiger partial charge on any atom is 0.237 e. The summed E-state index contributed by atoms with van der Waals surface area (Å²) in [6, 6.07) is 8.21. The van der Waals surface area contributed by atoms with E-state index in [1.807, 2.05) is 29.3 Å². The van der Waals surface area contributed by atoms with Gasteiger partial charge in [0.2, 0.25) is 5.91 Å². The van der Waals surface area contributed by atoms with Gasteiger partial charge in [-0.15, -0.1) is 0 Å². The molecule has 110 valence electrons. The zero-order valence-corrected chi connectivity index (χ0v) is 13.0. The second-order valence-electron chi connectivity index (χ2n) is 5.06. The van der Waals surface area contributed by atoms with Crippen molar-refractivity contribution in [3.05, 3.63) is 42.2 Å². The Morgan fingerprint density at radius 2 is 2.24 bits per heavy atom. The highest BCUT2D eigenvalue weighted by Crippen LogP contribution is 2.28. The number of imidazole rings is 1. The predicted molar refractivity (Wildman–Crippen MR) is 85.7 cm³/mol. The topological polar surface area (TPSA) is 38.1 Å². The number of carbonyl (C=O) groups excluding carboxylic acids is 1. The fourth-order valence-electron chi connectivity index (χ4n) is 2.67. The molecule has 0 fully saturated rings. The first-order chi connectivity index (χ1) is 10.3. The van der Waals surface area contributed by atoms with E-state index in [0.29, 0.717) is 5.75 Å². The van der Waals surface area contributed by atoms with E-state index in [-0.39, 0.29) is 5.91 Å². The summed E-state index contributed by atoms with van der Waals surface area (Å²) in [6.07, 6.45) is 5.83. The lowest BCUT2D eigenvalue weighted by molar-refractivity contribution is -0.116. The molecule has 0 atom stereocenters. The van der Waals surface area contributed by atoms with Crippen LogP contribution in [0.5, 0.6) is 0 Å². The minimum atomic E-state index is 0.165. The van der Waals surface area contributed by atoms with Crippen molar-refractivity contribution in [2.24, 2.45) is 0 Å². The number of fused-ring (bicyclic) bond motifs is 1. The van der Waals surface area contributed by atoms with Crippen molar-refractivity contribution in [2.75, 3.05) is 17.2 Å². The number of thioether (sulfide) groups is 1. The molecule has 0 saturated heterocycles. The monoisotopic (exact) mass is 301 g/mol. The molecule has 0 N–H and O–H groups in total. The molecule has 1 aliphatic rings. The van der Waals surface area contributed by atoms with E-state index >= 15 is 0 Å². The van der Waals surface area contributed by atoms with Gasteiger partial charge in [-0.2, -0.15) is 0 Å². The molecule has 1 aromatic carbocycles. The van der Waals surface area contributed by atoms with Crippen LogP contribution >= 0.6 is 11.8 Å². The van der Waals surface area contributed by atoms with E-state index in [9.17, 15) is 4.79 Å². The zero-order valence-electron chi connectivity index (χ0n) is 12.2. The minimum absolute atomic E-state index is 0.165. The molecule has 2 heterocycles. The SMILES string of the molecule is CCn1ccnc1SCC(=O)N1CCCc2ccccc21. The van der Waals surface area contributed by atoms with Gasteiger partial charge in [-0.25, -0.2) is 4.98 Å². The Hall–Kier alpha value is -1.75. The quantitative estimate of drug-likeness (QED) is 0.815. The summed E-state index contributed by atoms with van der Waals surface area (Å²) in [5.41, 5.74) is 2.35. The van der Waals surface area contributed by atoms with Gasteiger partial charge < -0.3 is 9.47 Å². The van der Waals surface area contributed by atoms with Gasteiger partial charge in [0.05, 0.1) is 5.75 Å². The molecular weight excluding hydrogens is 282 g/mol. The third kappa shape index (κ3) is 2.97. The van der Waals surface area contributed by atoms with E-state index in [2.05, 4.69) is 22.5 Å². The number of hydrogen-bond donors (Lipinski definition) is 0. The molecule has 0 saturated carbocycles. The average molecular weight is 301 g/mol. The van der Waals surface area contributed by atoms with Crippen molar-refractivity contribution >= 4 is 23.4 Å². The van der Waals surface area contributed by atoms with E-state index < -0.39 is 0 Å². The fraction of sp³-hybridized carbons (Fsp3) is 0.375. The number of hydrogen-bond acceptors (Lipinski definition) is 3. The Bertz CT molecular complexity index is 638. The molecule has 0 unspecified atom stereocenters. The van der Waals surface area contributed by atoms with E-state index in [1.165, 1.54) is 17.3 Å². The first-order valence-corrected chi connectivity index (χ1v) is 8.30. The van der Waals surface area contributed by atoms with Crippen LogP contribution < -0.4 is 4.90 Å². The van der Waals surface area contributed by atoms with Crippen LogP contribution in [-0.4, -0.2) is 27.8 Å². The van der Waals surface area contributed by atoms with Crippen molar-refractivity contribution in [1.82, 2.24) is 9.55 Å². The second-order valence-corrected chi connectivity index (χ2v) is 6.00. The van der Waals surface area contributed by atoms with Crippen LogP contribution in [0.2, 0.25) is 0 Å². The van der Waals surface area contributed by atoms with Gasteiger partial charge >= 0.3 is 0 Å². The largest absolute Gasteiger partial charge is 0.326 e. The lowest BCUT2D eigenvalue weighted by atomic mass is 10.0. The zero-order chi connectivity index (χ0) is 14.7. The minimum Gasteiger partial charge on any atom is -0.326 e. The summed E-state index contributed by atoms with van der Waals surface area (Å²) in [7, 11) is 0. The molecule has 0 spiro atoms. The standard InChI is InChI=1S/C16H19N3OS/c1-2-18-11-9-17-16(18)21-12-15(20)19-10-5-7-13-6-3-4-8-14(13)19/h3-4,6,8-9,11H,2,5,7,10,12H2,1H3. The summed E-state index contributed by atoms with van der Waals surface area (Å²) in [6.45, 7) is 3.77. The summed E-state index contributed by atoms with van der Waals surface area (Å²) in [4.78, 5) is 18.7. The van der Waals surface area contributed by atoms with Gasteiger partial charge in [-0.3, -0.25) is 4.79 Å². The van der Waals surface area contributed by atoms with E-state index in [4.69, 9.17) is 0 Å². The number of rotatable bonds is 4. The Labute approximate surface area is 129 Å². The predicted octanol–water partition coefficient (Wildman–Crippen LogP) is 2.97. The summed E-state index contributed by atoms with van der Waals surface area (Å²) in [5.74, 6) is 0.600. The fourth-order valence-corrected chi connectivity index (χ4v) is 3.57. The molecule has 0 radical (unpaired) electrons. The lowest BCUT2D eigenvalue weighted by Crippen LogP contribution is -2.36. The number of aromatic nitrogens is 2. The number of carbonyl (C=O) groups is 1. The van der Waals surface area contributed by atoms with Crippen molar-refractivity contribution in [3.63, 3.8) is 0 Å². The first-order valence-electron chi connectivity index (χ1n) is 7.32. The smallest absolute Gasteiger partial charge is 0.237 e. The van der Waals surface area contributed by atoms with Crippen LogP contribution in [0.3, 0.4) is 0 Å². The summed E-state index contributed by atoms with van der Waals surface area (Å²) >= 11 is 1.52. The molecule has 5 heteroatoms. The number of anilines is 1. The second kappa shape index (κ2) is 6.35. The van der Waals surface area contributed by atoms with Gasteiger partial charge in [0.25, 0.3) is 0 Å². The van der Waals surface area contributed by atoms with Gasteiger partial charge in [0.1, 0.15) is 0 Å². The molecule has 0 aliphatic carbocycles. The highest BCUT2D eigenvalue weighted by Gasteiger charge is 2.22. The number of amides is 1. The van der Waals surface area contributed by atoms with Crippen LogP contribution in [0.4, 0.5) is 5.69 Å². The third-order valence-electron chi connectivity index (χ3n) is 3.75. The van der Waals surface area contributed by atoms with Crippen molar-refractivity contribution < 1.29 is 4.79 Å². The summed E-state index contributed by atoms with van der Waals surface area (Å²) < 4.78 is 2.06. The normalized spacial score (nSPS) is 14.0. The molecule has 1 amide bonds. The van der Waals surface area contributed by atoms with Gasteiger partial charge in [0.15, 0.2) is 5.16 Å². The molecule has 1 aliphatic heterocycles. The number of para-hydroxylation sites is 1.